The average Bonchev–Trinajstić information content (AvgIpc) is 2.85. The Hall–Kier alpha value is -3.64. The maximum absolute atomic E-state index is 13.2. The Labute approximate surface area is 206 Å². The van der Waals surface area contributed by atoms with Gasteiger partial charge >= 0.3 is 0 Å². The second-order valence-electron chi connectivity index (χ2n) is 7.77. The summed E-state index contributed by atoms with van der Waals surface area (Å²) in [6.07, 6.45) is 1.62. The molecule has 0 aliphatic rings. The number of hydrogen-bond acceptors (Lipinski definition) is 5. The van der Waals surface area contributed by atoms with Gasteiger partial charge in [-0.3, -0.25) is 4.79 Å². The maximum Gasteiger partial charge on any atom is 0.257 e. The molecule has 0 fully saturated rings. The first-order valence-electron chi connectivity index (χ1n) is 11.2. The van der Waals surface area contributed by atoms with E-state index in [9.17, 15) is 4.79 Å². The largest absolute Gasteiger partial charge is 0.489 e. The van der Waals surface area contributed by atoms with Gasteiger partial charge in [0.25, 0.3) is 5.91 Å². The highest BCUT2D eigenvalue weighted by Crippen LogP contribution is 2.30. The maximum atomic E-state index is 13.2. The van der Waals surface area contributed by atoms with Gasteiger partial charge in [0.2, 0.25) is 0 Å². The Morgan fingerprint density at radius 2 is 1.68 bits per heavy atom. The summed E-state index contributed by atoms with van der Waals surface area (Å²) in [6.45, 7) is 7.65. The number of amides is 1. The number of aromatic nitrogens is 2. The monoisotopic (exact) mass is 476 g/mol. The standard InChI is InChI=1S/C27H28N4O2.ClH/c1-4-31(5-2)27(32)24-17-28-26-23(16-11-19(3)29-26)25(24)30-21-12-14-22(15-13-21)33-18-20-9-7-6-8-10-20;/h6-17H,4-5,18H2,1-3H3,(H,28,29,30);1H. The zero-order valence-electron chi connectivity index (χ0n) is 19.6. The van der Waals surface area contributed by atoms with Crippen molar-refractivity contribution in [1.82, 2.24) is 14.9 Å². The van der Waals surface area contributed by atoms with E-state index in [-0.39, 0.29) is 18.3 Å². The molecular weight excluding hydrogens is 448 g/mol. The number of nitrogens with one attached hydrogen (secondary N) is 1. The van der Waals surface area contributed by atoms with Crippen molar-refractivity contribution in [3.05, 3.63) is 89.7 Å². The highest BCUT2D eigenvalue weighted by molar-refractivity contribution is 6.07. The van der Waals surface area contributed by atoms with Crippen LogP contribution in [0, 0.1) is 6.92 Å². The van der Waals surface area contributed by atoms with Gasteiger partial charge in [0.05, 0.1) is 11.3 Å². The number of fused-ring (bicyclic) bond motifs is 1. The third-order valence-corrected chi connectivity index (χ3v) is 5.52. The van der Waals surface area contributed by atoms with Crippen LogP contribution in [0.4, 0.5) is 11.4 Å². The van der Waals surface area contributed by atoms with Gasteiger partial charge in [-0.1, -0.05) is 30.3 Å². The smallest absolute Gasteiger partial charge is 0.257 e. The number of hydrogen-bond donors (Lipinski definition) is 1. The molecule has 2 aromatic carbocycles. The molecule has 0 unspecified atom stereocenters. The van der Waals surface area contributed by atoms with E-state index in [1.165, 1.54) is 0 Å². The van der Waals surface area contributed by atoms with Crippen molar-refractivity contribution in [2.24, 2.45) is 0 Å². The lowest BCUT2D eigenvalue weighted by atomic mass is 10.1. The molecule has 1 N–H and O–H groups in total. The molecule has 2 heterocycles. The Morgan fingerprint density at radius 3 is 2.35 bits per heavy atom. The summed E-state index contributed by atoms with van der Waals surface area (Å²) in [7, 11) is 0. The van der Waals surface area contributed by atoms with Gasteiger partial charge < -0.3 is 15.0 Å². The van der Waals surface area contributed by atoms with Gasteiger partial charge in [-0.25, -0.2) is 9.97 Å². The molecule has 0 bridgehead atoms. The second-order valence-corrected chi connectivity index (χ2v) is 7.77. The SMILES string of the molecule is CCN(CC)C(=O)c1cnc2nc(C)ccc2c1Nc1ccc(OCc2ccccc2)cc1.Cl. The van der Waals surface area contributed by atoms with Crippen molar-refractivity contribution in [3.63, 3.8) is 0 Å². The van der Waals surface area contributed by atoms with Crippen molar-refractivity contribution >= 4 is 40.7 Å². The number of aryl methyl sites for hydroxylation is 1. The Morgan fingerprint density at radius 1 is 0.971 bits per heavy atom. The van der Waals surface area contributed by atoms with Gasteiger partial charge in [0.1, 0.15) is 12.4 Å². The van der Waals surface area contributed by atoms with Gasteiger partial charge in [-0.15, -0.1) is 12.4 Å². The zero-order chi connectivity index (χ0) is 23.2. The van der Waals surface area contributed by atoms with E-state index in [2.05, 4.69) is 15.3 Å². The van der Waals surface area contributed by atoms with Crippen molar-refractivity contribution in [2.45, 2.75) is 27.4 Å². The summed E-state index contributed by atoms with van der Waals surface area (Å²) in [4.78, 5) is 24.0. The number of benzene rings is 2. The van der Waals surface area contributed by atoms with Crippen LogP contribution in [0.2, 0.25) is 0 Å². The van der Waals surface area contributed by atoms with Crippen molar-refractivity contribution in [2.75, 3.05) is 18.4 Å². The van der Waals surface area contributed by atoms with Crippen LogP contribution < -0.4 is 10.1 Å². The van der Waals surface area contributed by atoms with E-state index in [0.717, 1.165) is 28.1 Å². The van der Waals surface area contributed by atoms with Crippen LogP contribution >= 0.6 is 12.4 Å². The molecule has 0 aliphatic heterocycles. The zero-order valence-corrected chi connectivity index (χ0v) is 20.4. The van der Waals surface area contributed by atoms with Crippen molar-refractivity contribution in [1.29, 1.82) is 0 Å². The topological polar surface area (TPSA) is 67.4 Å². The van der Waals surface area contributed by atoms with Crippen LogP contribution in [0.5, 0.6) is 5.75 Å². The van der Waals surface area contributed by atoms with Crippen LogP contribution in [-0.4, -0.2) is 33.9 Å². The predicted octanol–water partition coefficient (Wildman–Crippen LogP) is 6.16. The Balaban J connectivity index is 0.00000324. The number of carbonyl (C=O) groups is 1. The van der Waals surface area contributed by atoms with Crippen molar-refractivity contribution < 1.29 is 9.53 Å². The molecule has 4 aromatic rings. The number of carbonyl (C=O) groups excluding carboxylic acids is 1. The average molecular weight is 477 g/mol. The van der Waals surface area contributed by atoms with Gasteiger partial charge in [-0.2, -0.15) is 0 Å². The molecule has 1 amide bonds. The first kappa shape index (κ1) is 25.0. The first-order valence-corrected chi connectivity index (χ1v) is 11.2. The van der Waals surface area contributed by atoms with Gasteiger partial charge in [0, 0.05) is 36.1 Å². The van der Waals surface area contributed by atoms with Crippen LogP contribution in [0.3, 0.4) is 0 Å². The fraction of sp³-hybridized carbons (Fsp3) is 0.222. The van der Waals surface area contributed by atoms with Gasteiger partial charge in [-0.05, 0) is 62.7 Å². The third-order valence-electron chi connectivity index (χ3n) is 5.52. The van der Waals surface area contributed by atoms with Gasteiger partial charge in [0.15, 0.2) is 5.65 Å². The van der Waals surface area contributed by atoms with E-state index in [1.807, 2.05) is 87.5 Å². The van der Waals surface area contributed by atoms with E-state index >= 15 is 0 Å². The lowest BCUT2D eigenvalue weighted by Crippen LogP contribution is -2.31. The lowest BCUT2D eigenvalue weighted by Gasteiger charge is -2.21. The molecule has 176 valence electrons. The van der Waals surface area contributed by atoms with E-state index in [0.29, 0.717) is 36.6 Å². The van der Waals surface area contributed by atoms with E-state index in [1.54, 1.807) is 11.1 Å². The van der Waals surface area contributed by atoms with E-state index < -0.39 is 0 Å². The molecule has 7 heteroatoms. The molecule has 0 saturated heterocycles. The Bertz CT molecular complexity index is 1240. The molecular formula is C27H29ClN4O2. The number of ether oxygens (including phenoxy) is 1. The second kappa shape index (κ2) is 11.5. The first-order chi connectivity index (χ1) is 16.1. The molecule has 4 rings (SSSR count). The Kier molecular flexibility index (Phi) is 8.44. The minimum atomic E-state index is -0.0553. The number of anilines is 2. The quantitative estimate of drug-likeness (QED) is 0.329. The fourth-order valence-electron chi connectivity index (χ4n) is 3.67. The normalized spacial score (nSPS) is 10.4. The lowest BCUT2D eigenvalue weighted by molar-refractivity contribution is 0.0773. The summed E-state index contributed by atoms with van der Waals surface area (Å²) >= 11 is 0. The summed E-state index contributed by atoms with van der Waals surface area (Å²) in [5, 5.41) is 4.25. The molecule has 34 heavy (non-hydrogen) atoms. The highest BCUT2D eigenvalue weighted by atomic mass is 35.5. The van der Waals surface area contributed by atoms with E-state index in [4.69, 9.17) is 4.74 Å². The number of rotatable bonds is 8. The number of pyridine rings is 2. The number of nitrogens with zero attached hydrogens (tertiary/aromatic N) is 3. The summed E-state index contributed by atoms with van der Waals surface area (Å²) < 4.78 is 5.89. The third kappa shape index (κ3) is 5.64. The molecule has 0 atom stereocenters. The molecule has 0 aliphatic carbocycles. The molecule has 0 saturated carbocycles. The van der Waals surface area contributed by atoms with Crippen LogP contribution in [0.15, 0.2) is 72.9 Å². The summed E-state index contributed by atoms with van der Waals surface area (Å²) in [5.74, 6) is 0.723. The fourth-order valence-corrected chi connectivity index (χ4v) is 3.67. The van der Waals surface area contributed by atoms with Crippen molar-refractivity contribution in [3.8, 4) is 5.75 Å². The summed E-state index contributed by atoms with van der Waals surface area (Å²) in [5.41, 5.74) is 4.69. The van der Waals surface area contributed by atoms with Crippen LogP contribution in [0.25, 0.3) is 11.0 Å². The molecule has 6 nitrogen and oxygen atoms in total. The summed E-state index contributed by atoms with van der Waals surface area (Å²) in [6, 6.07) is 21.7. The molecule has 2 aromatic heterocycles. The molecule has 0 radical (unpaired) electrons. The minimum absolute atomic E-state index is 0. The predicted molar refractivity (Wildman–Crippen MR) is 139 cm³/mol. The van der Waals surface area contributed by atoms with Crippen LogP contribution in [-0.2, 0) is 6.61 Å². The minimum Gasteiger partial charge on any atom is -0.489 e. The highest BCUT2D eigenvalue weighted by Gasteiger charge is 2.20. The number of halogens is 1. The van der Waals surface area contributed by atoms with Crippen LogP contribution in [0.1, 0.15) is 35.5 Å². The molecule has 0 spiro atoms.